The fourth-order valence-electron chi connectivity index (χ4n) is 2.41. The summed E-state index contributed by atoms with van der Waals surface area (Å²) >= 11 is 0. The number of allylic oxidation sites excluding steroid dienone is 1. The van der Waals surface area contributed by atoms with Crippen molar-refractivity contribution in [1.29, 1.82) is 0 Å². The molecule has 1 aliphatic carbocycles. The zero-order valence-electron chi connectivity index (χ0n) is 8.43. The van der Waals surface area contributed by atoms with Gasteiger partial charge in [-0.2, -0.15) is 0 Å². The summed E-state index contributed by atoms with van der Waals surface area (Å²) in [5, 5.41) is 2.34. The SMILES string of the molecule is C/C(=C1/CC(=O)NC1=O)C1CCCC1. The number of rotatable bonds is 1. The maximum absolute atomic E-state index is 11.4. The highest BCUT2D eigenvalue weighted by molar-refractivity contribution is 6.13. The number of carbonyl (C=O) groups is 2. The lowest BCUT2D eigenvalue weighted by atomic mass is 9.93. The summed E-state index contributed by atoms with van der Waals surface area (Å²) < 4.78 is 0. The van der Waals surface area contributed by atoms with Crippen LogP contribution in [0.2, 0.25) is 0 Å². The molecule has 2 fully saturated rings. The molecule has 1 N–H and O–H groups in total. The van der Waals surface area contributed by atoms with Gasteiger partial charge < -0.3 is 0 Å². The number of nitrogens with one attached hydrogen (secondary N) is 1. The fourth-order valence-corrected chi connectivity index (χ4v) is 2.41. The average molecular weight is 193 g/mol. The van der Waals surface area contributed by atoms with Gasteiger partial charge in [0.05, 0.1) is 6.42 Å². The van der Waals surface area contributed by atoms with Gasteiger partial charge in [0.1, 0.15) is 0 Å². The van der Waals surface area contributed by atoms with Gasteiger partial charge in [0.2, 0.25) is 5.91 Å². The lowest BCUT2D eigenvalue weighted by molar-refractivity contribution is -0.124. The molecule has 0 spiro atoms. The molecule has 1 saturated carbocycles. The molecule has 1 saturated heterocycles. The van der Waals surface area contributed by atoms with E-state index in [1.54, 1.807) is 0 Å². The van der Waals surface area contributed by atoms with Crippen LogP contribution in [0.15, 0.2) is 11.1 Å². The van der Waals surface area contributed by atoms with E-state index < -0.39 is 0 Å². The largest absolute Gasteiger partial charge is 0.292 e. The van der Waals surface area contributed by atoms with E-state index in [0.29, 0.717) is 12.3 Å². The molecule has 3 nitrogen and oxygen atoms in total. The zero-order chi connectivity index (χ0) is 10.1. The van der Waals surface area contributed by atoms with Gasteiger partial charge in [-0.15, -0.1) is 0 Å². The van der Waals surface area contributed by atoms with Crippen LogP contribution in [-0.2, 0) is 9.59 Å². The Bertz CT molecular complexity index is 311. The van der Waals surface area contributed by atoms with E-state index in [0.717, 1.165) is 11.1 Å². The van der Waals surface area contributed by atoms with E-state index in [4.69, 9.17) is 0 Å². The zero-order valence-corrected chi connectivity index (χ0v) is 8.43. The molecule has 1 aliphatic heterocycles. The maximum Gasteiger partial charge on any atom is 0.254 e. The van der Waals surface area contributed by atoms with E-state index >= 15 is 0 Å². The van der Waals surface area contributed by atoms with Crippen molar-refractivity contribution in [2.24, 2.45) is 5.92 Å². The molecule has 0 atom stereocenters. The first-order valence-corrected chi connectivity index (χ1v) is 5.22. The molecule has 0 aromatic rings. The van der Waals surface area contributed by atoms with E-state index in [2.05, 4.69) is 5.32 Å². The summed E-state index contributed by atoms with van der Waals surface area (Å²) in [5.41, 5.74) is 1.87. The highest BCUT2D eigenvalue weighted by Gasteiger charge is 2.29. The average Bonchev–Trinajstić information content (AvgIpc) is 2.73. The Morgan fingerprint density at radius 1 is 1.29 bits per heavy atom. The van der Waals surface area contributed by atoms with Gasteiger partial charge in [-0.3, -0.25) is 14.9 Å². The first-order chi connectivity index (χ1) is 6.68. The van der Waals surface area contributed by atoms with Crippen LogP contribution >= 0.6 is 0 Å². The van der Waals surface area contributed by atoms with Gasteiger partial charge in [-0.05, 0) is 25.7 Å². The highest BCUT2D eigenvalue weighted by Crippen LogP contribution is 2.33. The van der Waals surface area contributed by atoms with Crippen molar-refractivity contribution in [3.63, 3.8) is 0 Å². The van der Waals surface area contributed by atoms with Crippen molar-refractivity contribution in [1.82, 2.24) is 5.32 Å². The second-order valence-corrected chi connectivity index (χ2v) is 4.20. The van der Waals surface area contributed by atoms with Crippen LogP contribution in [0.3, 0.4) is 0 Å². The molecule has 3 heteroatoms. The predicted molar refractivity (Wildman–Crippen MR) is 52.4 cm³/mol. The minimum Gasteiger partial charge on any atom is -0.292 e. The van der Waals surface area contributed by atoms with Gasteiger partial charge in [0.15, 0.2) is 0 Å². The van der Waals surface area contributed by atoms with Crippen molar-refractivity contribution >= 4 is 11.8 Å². The Balaban J connectivity index is 2.21. The summed E-state index contributed by atoms with van der Waals surface area (Å²) in [6.45, 7) is 2.00. The Morgan fingerprint density at radius 3 is 2.43 bits per heavy atom. The quantitative estimate of drug-likeness (QED) is 0.507. The Kier molecular flexibility index (Phi) is 2.40. The number of hydrogen-bond donors (Lipinski definition) is 1. The first kappa shape index (κ1) is 9.44. The van der Waals surface area contributed by atoms with Crippen LogP contribution in [0.5, 0.6) is 0 Å². The van der Waals surface area contributed by atoms with E-state index in [1.165, 1.54) is 25.7 Å². The number of amides is 2. The third-order valence-electron chi connectivity index (χ3n) is 3.31. The third-order valence-corrected chi connectivity index (χ3v) is 3.31. The van der Waals surface area contributed by atoms with Crippen molar-refractivity contribution in [3.8, 4) is 0 Å². The molecule has 0 aromatic heterocycles. The first-order valence-electron chi connectivity index (χ1n) is 5.22. The van der Waals surface area contributed by atoms with E-state index in [9.17, 15) is 9.59 Å². The van der Waals surface area contributed by atoms with Crippen LogP contribution in [0, 0.1) is 5.92 Å². The summed E-state index contributed by atoms with van der Waals surface area (Å²) in [4.78, 5) is 22.4. The Labute approximate surface area is 83.6 Å². The summed E-state index contributed by atoms with van der Waals surface area (Å²) in [6.07, 6.45) is 5.16. The molecular weight excluding hydrogens is 178 g/mol. The van der Waals surface area contributed by atoms with Crippen LogP contribution < -0.4 is 5.32 Å². The van der Waals surface area contributed by atoms with Crippen molar-refractivity contribution in [3.05, 3.63) is 11.1 Å². The third kappa shape index (κ3) is 1.59. The van der Waals surface area contributed by atoms with Gasteiger partial charge in [-0.1, -0.05) is 18.4 Å². The van der Waals surface area contributed by atoms with Crippen LogP contribution in [0.1, 0.15) is 39.0 Å². The van der Waals surface area contributed by atoms with Crippen LogP contribution in [0.4, 0.5) is 0 Å². The van der Waals surface area contributed by atoms with Gasteiger partial charge in [-0.25, -0.2) is 0 Å². The summed E-state index contributed by atoms with van der Waals surface area (Å²) in [5.74, 6) is 0.225. The number of carbonyl (C=O) groups excluding carboxylic acids is 2. The van der Waals surface area contributed by atoms with Gasteiger partial charge >= 0.3 is 0 Å². The van der Waals surface area contributed by atoms with Gasteiger partial charge in [0, 0.05) is 5.57 Å². The maximum atomic E-state index is 11.4. The van der Waals surface area contributed by atoms with Crippen LogP contribution in [-0.4, -0.2) is 11.8 Å². The molecule has 1 heterocycles. The standard InChI is InChI=1S/C11H15NO2/c1-7(8-4-2-3-5-8)9-6-10(13)12-11(9)14/h8H,2-6H2,1H3,(H,12,13,14)/b9-7+. The molecule has 14 heavy (non-hydrogen) atoms. The highest BCUT2D eigenvalue weighted by atomic mass is 16.2. The van der Waals surface area contributed by atoms with Gasteiger partial charge in [0.25, 0.3) is 5.91 Å². The normalized spacial score (nSPS) is 26.9. The number of hydrogen-bond acceptors (Lipinski definition) is 2. The molecule has 2 aliphatic rings. The molecule has 0 radical (unpaired) electrons. The summed E-state index contributed by atoms with van der Waals surface area (Å²) in [7, 11) is 0. The summed E-state index contributed by atoms with van der Waals surface area (Å²) in [6, 6.07) is 0. The van der Waals surface area contributed by atoms with Crippen molar-refractivity contribution in [2.45, 2.75) is 39.0 Å². The monoisotopic (exact) mass is 193 g/mol. The molecule has 0 bridgehead atoms. The molecule has 2 rings (SSSR count). The lowest BCUT2D eigenvalue weighted by Crippen LogP contribution is -2.20. The topological polar surface area (TPSA) is 46.2 Å². The molecule has 0 aromatic carbocycles. The fraction of sp³-hybridized carbons (Fsp3) is 0.636. The Morgan fingerprint density at radius 2 is 1.93 bits per heavy atom. The molecule has 76 valence electrons. The number of imide groups is 1. The second-order valence-electron chi connectivity index (χ2n) is 4.20. The molecule has 0 unspecified atom stereocenters. The van der Waals surface area contributed by atoms with Crippen molar-refractivity contribution in [2.75, 3.05) is 0 Å². The van der Waals surface area contributed by atoms with Crippen molar-refractivity contribution < 1.29 is 9.59 Å². The van der Waals surface area contributed by atoms with Crippen LogP contribution in [0.25, 0.3) is 0 Å². The molecular formula is C11H15NO2. The minimum atomic E-state index is -0.167. The lowest BCUT2D eigenvalue weighted by Gasteiger charge is -2.11. The molecule has 2 amide bonds. The second kappa shape index (κ2) is 3.56. The Hall–Kier alpha value is -1.12. The van der Waals surface area contributed by atoms with E-state index in [1.807, 2.05) is 6.92 Å². The smallest absolute Gasteiger partial charge is 0.254 e. The predicted octanol–water partition coefficient (Wildman–Crippen LogP) is 1.54. The minimum absolute atomic E-state index is 0.151. The van der Waals surface area contributed by atoms with E-state index in [-0.39, 0.29) is 11.8 Å².